The SMILES string of the molecule is CCNC(=NCc1ccc(OC)c(OC)c1OC)NCCSC. The third-order valence-electron chi connectivity index (χ3n) is 3.14. The quantitative estimate of drug-likeness (QED) is 0.408. The van der Waals surface area contributed by atoms with Crippen molar-refractivity contribution in [2.24, 2.45) is 4.99 Å². The number of thioether (sulfide) groups is 1. The first-order valence-electron chi connectivity index (χ1n) is 7.50. The predicted octanol–water partition coefficient (Wildman–Crippen LogP) is 2.13. The Hall–Kier alpha value is -1.76. The van der Waals surface area contributed by atoms with Crippen LogP contribution in [0.15, 0.2) is 17.1 Å². The molecular weight excluding hydrogens is 314 g/mol. The monoisotopic (exact) mass is 341 g/mol. The van der Waals surface area contributed by atoms with Crippen LogP contribution in [0.4, 0.5) is 0 Å². The Balaban J connectivity index is 2.94. The molecule has 1 rings (SSSR count). The average molecular weight is 341 g/mol. The lowest BCUT2D eigenvalue weighted by Crippen LogP contribution is -2.38. The Kier molecular flexibility index (Phi) is 9.12. The molecule has 0 saturated carbocycles. The minimum absolute atomic E-state index is 0.484. The zero-order chi connectivity index (χ0) is 17.1. The number of benzene rings is 1. The van der Waals surface area contributed by atoms with Crippen molar-refractivity contribution in [2.75, 3.05) is 46.4 Å². The van der Waals surface area contributed by atoms with Crippen LogP contribution in [0.2, 0.25) is 0 Å². The molecule has 0 aliphatic carbocycles. The molecule has 0 atom stereocenters. The van der Waals surface area contributed by atoms with Crippen LogP contribution < -0.4 is 24.8 Å². The van der Waals surface area contributed by atoms with E-state index in [9.17, 15) is 0 Å². The van der Waals surface area contributed by atoms with E-state index >= 15 is 0 Å². The number of rotatable bonds is 9. The van der Waals surface area contributed by atoms with Crippen LogP contribution in [0, 0.1) is 0 Å². The fourth-order valence-corrected chi connectivity index (χ4v) is 2.37. The van der Waals surface area contributed by atoms with Gasteiger partial charge in [-0.1, -0.05) is 0 Å². The maximum atomic E-state index is 5.48. The summed E-state index contributed by atoms with van der Waals surface area (Å²) >= 11 is 1.80. The standard InChI is InChI=1S/C16H27N3O3S/c1-6-17-16(18-9-10-23-5)19-11-12-7-8-13(20-2)15(22-4)14(12)21-3/h7-8H,6,9-11H2,1-5H3,(H2,17,18,19). The van der Waals surface area contributed by atoms with Gasteiger partial charge in [-0.3, -0.25) is 0 Å². The molecule has 0 amide bonds. The van der Waals surface area contributed by atoms with Crippen LogP contribution >= 0.6 is 11.8 Å². The summed E-state index contributed by atoms with van der Waals surface area (Å²) in [6, 6.07) is 3.80. The number of methoxy groups -OCH3 is 3. The largest absolute Gasteiger partial charge is 0.493 e. The maximum absolute atomic E-state index is 5.48. The molecule has 2 N–H and O–H groups in total. The number of hydrogen-bond donors (Lipinski definition) is 2. The Morgan fingerprint density at radius 2 is 1.83 bits per heavy atom. The van der Waals surface area contributed by atoms with E-state index in [-0.39, 0.29) is 0 Å². The zero-order valence-electron chi connectivity index (χ0n) is 14.6. The van der Waals surface area contributed by atoms with Crippen LogP contribution in [0.3, 0.4) is 0 Å². The van der Waals surface area contributed by atoms with Gasteiger partial charge in [-0.15, -0.1) is 0 Å². The molecule has 0 heterocycles. The first-order chi connectivity index (χ1) is 11.2. The Bertz CT molecular complexity index is 510. The number of hydrogen-bond acceptors (Lipinski definition) is 5. The first kappa shape index (κ1) is 19.3. The Morgan fingerprint density at radius 1 is 1.09 bits per heavy atom. The molecule has 7 heteroatoms. The van der Waals surface area contributed by atoms with Crippen LogP contribution in [0.25, 0.3) is 0 Å². The van der Waals surface area contributed by atoms with Crippen LogP contribution in [0.5, 0.6) is 17.2 Å². The van der Waals surface area contributed by atoms with E-state index in [0.717, 1.165) is 30.4 Å². The van der Waals surface area contributed by atoms with Crippen molar-refractivity contribution < 1.29 is 14.2 Å². The topological polar surface area (TPSA) is 64.1 Å². The lowest BCUT2D eigenvalue weighted by Gasteiger charge is -2.15. The summed E-state index contributed by atoms with van der Waals surface area (Å²) in [5.41, 5.74) is 0.937. The summed E-state index contributed by atoms with van der Waals surface area (Å²) in [7, 11) is 4.82. The molecule has 0 bridgehead atoms. The number of nitrogens with one attached hydrogen (secondary N) is 2. The van der Waals surface area contributed by atoms with Crippen LogP contribution in [-0.2, 0) is 6.54 Å². The molecule has 1 aromatic rings. The second-order valence-corrected chi connectivity index (χ2v) is 5.59. The number of ether oxygens (including phenoxy) is 3. The van der Waals surface area contributed by atoms with Gasteiger partial charge in [0, 0.05) is 24.4 Å². The van der Waals surface area contributed by atoms with Gasteiger partial charge in [0.05, 0.1) is 27.9 Å². The molecule has 0 unspecified atom stereocenters. The number of aliphatic imine (C=N–C) groups is 1. The molecule has 1 aromatic carbocycles. The molecule has 0 fully saturated rings. The summed E-state index contributed by atoms with van der Waals surface area (Å²) in [6.45, 7) is 4.21. The first-order valence-corrected chi connectivity index (χ1v) is 8.90. The Labute approximate surface area is 143 Å². The molecular formula is C16H27N3O3S. The van der Waals surface area contributed by atoms with E-state index in [1.54, 1.807) is 33.1 Å². The molecule has 0 saturated heterocycles. The lowest BCUT2D eigenvalue weighted by atomic mass is 10.1. The van der Waals surface area contributed by atoms with E-state index < -0.39 is 0 Å². The van der Waals surface area contributed by atoms with Crippen molar-refractivity contribution in [3.63, 3.8) is 0 Å². The molecule has 0 aliphatic rings. The van der Waals surface area contributed by atoms with Crippen molar-refractivity contribution in [3.05, 3.63) is 17.7 Å². The number of nitrogens with zero attached hydrogens (tertiary/aromatic N) is 1. The van der Waals surface area contributed by atoms with Crippen LogP contribution in [-0.4, -0.2) is 52.4 Å². The summed E-state index contributed by atoms with van der Waals surface area (Å²) in [5.74, 6) is 3.70. The molecule has 6 nitrogen and oxygen atoms in total. The van der Waals surface area contributed by atoms with Crippen molar-refractivity contribution in [1.82, 2.24) is 10.6 Å². The lowest BCUT2D eigenvalue weighted by molar-refractivity contribution is 0.322. The van der Waals surface area contributed by atoms with Gasteiger partial charge in [0.1, 0.15) is 0 Å². The van der Waals surface area contributed by atoms with E-state index in [1.165, 1.54) is 0 Å². The van der Waals surface area contributed by atoms with Crippen molar-refractivity contribution >= 4 is 17.7 Å². The highest BCUT2D eigenvalue weighted by atomic mass is 32.2. The average Bonchev–Trinajstić information content (AvgIpc) is 2.58. The third-order valence-corrected chi connectivity index (χ3v) is 3.75. The molecule has 130 valence electrons. The van der Waals surface area contributed by atoms with Gasteiger partial charge in [-0.2, -0.15) is 11.8 Å². The highest BCUT2D eigenvalue weighted by Gasteiger charge is 2.15. The van der Waals surface area contributed by atoms with E-state index in [0.29, 0.717) is 23.8 Å². The fraction of sp³-hybridized carbons (Fsp3) is 0.562. The summed E-state index contributed by atoms with van der Waals surface area (Å²) in [4.78, 5) is 4.60. The predicted molar refractivity (Wildman–Crippen MR) is 97.3 cm³/mol. The van der Waals surface area contributed by atoms with E-state index in [4.69, 9.17) is 14.2 Å². The fourth-order valence-electron chi connectivity index (χ4n) is 2.07. The molecule has 0 spiro atoms. The minimum Gasteiger partial charge on any atom is -0.493 e. The smallest absolute Gasteiger partial charge is 0.203 e. The van der Waals surface area contributed by atoms with E-state index in [1.807, 2.05) is 19.1 Å². The molecule has 0 radical (unpaired) electrons. The van der Waals surface area contributed by atoms with Gasteiger partial charge in [-0.25, -0.2) is 4.99 Å². The normalized spacial score (nSPS) is 11.1. The second-order valence-electron chi connectivity index (χ2n) is 4.61. The summed E-state index contributed by atoms with van der Waals surface area (Å²) in [5, 5.41) is 6.54. The second kappa shape index (κ2) is 10.9. The van der Waals surface area contributed by atoms with Gasteiger partial charge >= 0.3 is 0 Å². The molecule has 0 aromatic heterocycles. The zero-order valence-corrected chi connectivity index (χ0v) is 15.4. The van der Waals surface area contributed by atoms with Crippen LogP contribution in [0.1, 0.15) is 12.5 Å². The van der Waals surface area contributed by atoms with Crippen molar-refractivity contribution in [2.45, 2.75) is 13.5 Å². The van der Waals surface area contributed by atoms with E-state index in [2.05, 4.69) is 21.9 Å². The van der Waals surface area contributed by atoms with Gasteiger partial charge in [-0.05, 0) is 25.3 Å². The molecule has 23 heavy (non-hydrogen) atoms. The van der Waals surface area contributed by atoms with Crippen molar-refractivity contribution in [1.29, 1.82) is 0 Å². The Morgan fingerprint density at radius 3 is 2.39 bits per heavy atom. The van der Waals surface area contributed by atoms with Crippen molar-refractivity contribution in [3.8, 4) is 17.2 Å². The minimum atomic E-state index is 0.484. The summed E-state index contributed by atoms with van der Waals surface area (Å²) < 4.78 is 16.2. The number of guanidine groups is 1. The third kappa shape index (κ3) is 5.74. The van der Waals surface area contributed by atoms with Gasteiger partial charge < -0.3 is 24.8 Å². The maximum Gasteiger partial charge on any atom is 0.203 e. The molecule has 0 aliphatic heterocycles. The van der Waals surface area contributed by atoms with Gasteiger partial charge in [0.2, 0.25) is 5.75 Å². The highest BCUT2D eigenvalue weighted by molar-refractivity contribution is 7.98. The highest BCUT2D eigenvalue weighted by Crippen LogP contribution is 2.39. The van der Waals surface area contributed by atoms with Gasteiger partial charge in [0.25, 0.3) is 0 Å². The van der Waals surface area contributed by atoms with Gasteiger partial charge in [0.15, 0.2) is 17.5 Å². The summed E-state index contributed by atoms with van der Waals surface area (Å²) in [6.07, 6.45) is 2.08.